The number of hydrogen-bond donors (Lipinski definition) is 0. The highest BCUT2D eigenvalue weighted by molar-refractivity contribution is 5.97. The van der Waals surface area contributed by atoms with E-state index in [2.05, 4.69) is 6.58 Å². The molecule has 5 heteroatoms. The summed E-state index contributed by atoms with van der Waals surface area (Å²) < 4.78 is 13.0. The second kappa shape index (κ2) is 5.41. The van der Waals surface area contributed by atoms with Crippen LogP contribution in [0.25, 0.3) is 11.1 Å². The van der Waals surface area contributed by atoms with Gasteiger partial charge in [0.05, 0.1) is 18.7 Å². The van der Waals surface area contributed by atoms with E-state index in [1.807, 2.05) is 35.4 Å². The molecule has 0 spiro atoms. The quantitative estimate of drug-likeness (QED) is 0.816. The van der Waals surface area contributed by atoms with Crippen molar-refractivity contribution in [2.75, 3.05) is 26.3 Å². The Balaban J connectivity index is 2.01. The first-order valence-electron chi connectivity index (χ1n) is 7.17. The molecule has 21 heavy (non-hydrogen) atoms. The molecule has 0 aliphatic carbocycles. The first-order chi connectivity index (χ1) is 10.1. The third kappa shape index (κ3) is 2.61. The van der Waals surface area contributed by atoms with Gasteiger partial charge in [0.15, 0.2) is 5.58 Å². The third-order valence-corrected chi connectivity index (χ3v) is 3.66. The average Bonchev–Trinajstić information content (AvgIpc) is 2.96. The van der Waals surface area contributed by atoms with Crippen molar-refractivity contribution in [1.82, 2.24) is 9.47 Å². The van der Waals surface area contributed by atoms with Gasteiger partial charge in [-0.05, 0) is 13.8 Å². The van der Waals surface area contributed by atoms with Crippen LogP contribution < -0.4 is 0 Å². The van der Waals surface area contributed by atoms with Crippen molar-refractivity contribution in [3.63, 3.8) is 0 Å². The summed E-state index contributed by atoms with van der Waals surface area (Å²) in [6.45, 7) is 10.9. The molecule has 0 aromatic carbocycles. The van der Waals surface area contributed by atoms with Gasteiger partial charge in [-0.3, -0.25) is 4.79 Å². The maximum absolute atomic E-state index is 12.7. The summed E-state index contributed by atoms with van der Waals surface area (Å²) >= 11 is 0. The van der Waals surface area contributed by atoms with Gasteiger partial charge in [0.1, 0.15) is 11.5 Å². The predicted molar refractivity (Wildman–Crippen MR) is 80.5 cm³/mol. The van der Waals surface area contributed by atoms with Crippen LogP contribution in [0.4, 0.5) is 0 Å². The summed E-state index contributed by atoms with van der Waals surface area (Å²) in [5, 5.41) is 0. The minimum Gasteiger partial charge on any atom is -0.460 e. The van der Waals surface area contributed by atoms with Gasteiger partial charge in [-0.25, -0.2) is 0 Å². The van der Waals surface area contributed by atoms with E-state index in [4.69, 9.17) is 9.15 Å². The molecule has 1 saturated heterocycles. The molecule has 112 valence electrons. The molecule has 0 unspecified atom stereocenters. The zero-order valence-electron chi connectivity index (χ0n) is 12.5. The lowest BCUT2D eigenvalue weighted by Gasteiger charge is -2.27. The summed E-state index contributed by atoms with van der Waals surface area (Å²) in [7, 11) is 0. The van der Waals surface area contributed by atoms with Crippen molar-refractivity contribution in [2.45, 2.75) is 20.4 Å². The lowest BCUT2D eigenvalue weighted by atomic mass is 10.3. The van der Waals surface area contributed by atoms with Gasteiger partial charge in [0, 0.05) is 31.8 Å². The van der Waals surface area contributed by atoms with Crippen molar-refractivity contribution in [3.05, 3.63) is 35.7 Å². The fourth-order valence-electron chi connectivity index (χ4n) is 2.71. The number of carbonyl (C=O) groups excluding carboxylic acids is 1. The Hall–Kier alpha value is -2.01. The first kappa shape index (κ1) is 13.9. The first-order valence-corrected chi connectivity index (χ1v) is 7.17. The highest BCUT2D eigenvalue weighted by Gasteiger charge is 2.24. The number of ether oxygens (including phenoxy) is 1. The van der Waals surface area contributed by atoms with Gasteiger partial charge in [0.2, 0.25) is 0 Å². The molecule has 1 amide bonds. The minimum absolute atomic E-state index is 0.0311. The Morgan fingerprint density at radius 1 is 1.33 bits per heavy atom. The van der Waals surface area contributed by atoms with Crippen LogP contribution in [0.3, 0.4) is 0 Å². The number of morpholine rings is 1. The van der Waals surface area contributed by atoms with Crippen molar-refractivity contribution in [2.24, 2.45) is 0 Å². The maximum atomic E-state index is 12.7. The molecule has 0 radical (unpaired) electrons. The summed E-state index contributed by atoms with van der Waals surface area (Å²) in [6, 6.07) is 3.80. The largest absolute Gasteiger partial charge is 0.460 e. The molecule has 2 aromatic rings. The zero-order valence-corrected chi connectivity index (χ0v) is 12.5. The molecule has 1 aliphatic heterocycles. The van der Waals surface area contributed by atoms with Gasteiger partial charge in [-0.15, -0.1) is 0 Å². The van der Waals surface area contributed by atoms with Crippen molar-refractivity contribution >= 4 is 17.0 Å². The van der Waals surface area contributed by atoms with Crippen LogP contribution in [-0.4, -0.2) is 41.7 Å². The average molecular weight is 288 g/mol. The van der Waals surface area contributed by atoms with E-state index in [1.54, 1.807) is 0 Å². The molecule has 0 atom stereocenters. The summed E-state index contributed by atoms with van der Waals surface area (Å²) in [6.07, 6.45) is 0. The fourth-order valence-corrected chi connectivity index (χ4v) is 2.71. The van der Waals surface area contributed by atoms with E-state index < -0.39 is 0 Å². The van der Waals surface area contributed by atoms with Crippen LogP contribution in [0.5, 0.6) is 0 Å². The van der Waals surface area contributed by atoms with Crippen LogP contribution in [0, 0.1) is 6.92 Å². The Bertz CT molecular complexity index is 690. The molecule has 2 aromatic heterocycles. The second-order valence-corrected chi connectivity index (χ2v) is 5.58. The van der Waals surface area contributed by atoms with Crippen LogP contribution in [0.1, 0.15) is 23.2 Å². The normalized spacial score (nSPS) is 15.6. The number of nitrogens with zero attached hydrogens (tertiary/aromatic N) is 2. The maximum Gasteiger partial charge on any atom is 0.270 e. The monoisotopic (exact) mass is 288 g/mol. The minimum atomic E-state index is 0.0311. The molecule has 0 saturated carbocycles. The topological polar surface area (TPSA) is 47.6 Å². The summed E-state index contributed by atoms with van der Waals surface area (Å²) in [5.41, 5.74) is 3.37. The fraction of sp³-hybridized carbons (Fsp3) is 0.438. The molecule has 3 rings (SSSR count). The van der Waals surface area contributed by atoms with E-state index in [1.165, 1.54) is 0 Å². The van der Waals surface area contributed by atoms with Crippen LogP contribution >= 0.6 is 0 Å². The number of carbonyl (C=O) groups is 1. The molecule has 1 aliphatic rings. The number of aromatic nitrogens is 1. The number of rotatable bonds is 3. The Morgan fingerprint density at radius 2 is 2.05 bits per heavy atom. The van der Waals surface area contributed by atoms with E-state index in [-0.39, 0.29) is 5.91 Å². The predicted octanol–water partition coefficient (Wildman–Crippen LogP) is 2.59. The van der Waals surface area contributed by atoms with Gasteiger partial charge < -0.3 is 18.6 Å². The number of amides is 1. The van der Waals surface area contributed by atoms with Crippen molar-refractivity contribution < 1.29 is 13.9 Å². The third-order valence-electron chi connectivity index (χ3n) is 3.66. The van der Waals surface area contributed by atoms with E-state index in [0.29, 0.717) is 38.5 Å². The summed E-state index contributed by atoms with van der Waals surface area (Å²) in [5.74, 6) is 0.879. The molecule has 0 N–H and O–H groups in total. The van der Waals surface area contributed by atoms with Crippen molar-refractivity contribution in [1.29, 1.82) is 0 Å². The second-order valence-electron chi connectivity index (χ2n) is 5.58. The summed E-state index contributed by atoms with van der Waals surface area (Å²) in [4.78, 5) is 14.6. The highest BCUT2D eigenvalue weighted by Crippen LogP contribution is 2.25. The van der Waals surface area contributed by atoms with Crippen molar-refractivity contribution in [3.8, 4) is 0 Å². The van der Waals surface area contributed by atoms with Gasteiger partial charge in [0.25, 0.3) is 5.91 Å². The molecule has 0 bridgehead atoms. The number of fused-ring (bicyclic) bond motifs is 1. The van der Waals surface area contributed by atoms with Gasteiger partial charge >= 0.3 is 0 Å². The SMILES string of the molecule is C=C(C)Cn1c(C(=O)N2CCOCC2)cc2oc(C)cc21. The van der Waals surface area contributed by atoms with E-state index in [0.717, 1.165) is 22.4 Å². The molecular weight excluding hydrogens is 268 g/mol. The number of furan rings is 1. The van der Waals surface area contributed by atoms with Gasteiger partial charge in [-0.2, -0.15) is 0 Å². The Morgan fingerprint density at radius 3 is 2.71 bits per heavy atom. The standard InChI is InChI=1S/C16H20N2O3/c1-11(2)10-18-13-8-12(3)21-15(13)9-14(18)16(19)17-4-6-20-7-5-17/h8-9H,1,4-7,10H2,2-3H3. The Labute approximate surface area is 123 Å². The lowest BCUT2D eigenvalue weighted by molar-refractivity contribution is 0.0296. The van der Waals surface area contributed by atoms with Crippen LogP contribution in [0.15, 0.2) is 28.7 Å². The highest BCUT2D eigenvalue weighted by atomic mass is 16.5. The number of allylic oxidation sites excluding steroid dienone is 1. The Kier molecular flexibility index (Phi) is 3.59. The molecule has 5 nitrogen and oxygen atoms in total. The van der Waals surface area contributed by atoms with E-state index in [9.17, 15) is 4.79 Å². The molecule has 3 heterocycles. The molecule has 1 fully saturated rings. The van der Waals surface area contributed by atoms with Gasteiger partial charge in [-0.1, -0.05) is 12.2 Å². The van der Waals surface area contributed by atoms with Crippen LogP contribution in [0.2, 0.25) is 0 Å². The number of aryl methyl sites for hydroxylation is 1. The lowest BCUT2D eigenvalue weighted by Crippen LogP contribution is -2.41. The smallest absolute Gasteiger partial charge is 0.270 e. The van der Waals surface area contributed by atoms with E-state index >= 15 is 0 Å². The number of hydrogen-bond acceptors (Lipinski definition) is 3. The van der Waals surface area contributed by atoms with Crippen LogP contribution in [-0.2, 0) is 11.3 Å². The zero-order chi connectivity index (χ0) is 15.0. The molecular formula is C16H20N2O3.